The van der Waals surface area contributed by atoms with Crippen molar-refractivity contribution in [3.8, 4) is 0 Å². The predicted octanol–water partition coefficient (Wildman–Crippen LogP) is 2.40. The maximum atomic E-state index is 13.1. The number of aromatic amines is 1. The lowest BCUT2D eigenvalue weighted by atomic mass is 9.66. The Bertz CT molecular complexity index is 869. The summed E-state index contributed by atoms with van der Waals surface area (Å²) < 4.78 is 5.26. The Balaban J connectivity index is 2.05. The lowest BCUT2D eigenvalue weighted by Gasteiger charge is -2.42. The van der Waals surface area contributed by atoms with Gasteiger partial charge in [-0.1, -0.05) is 29.8 Å². The molecule has 2 bridgehead atoms. The summed E-state index contributed by atoms with van der Waals surface area (Å²) in [6.45, 7) is 4.49. The third kappa shape index (κ3) is 2.34. The standard InChI is InChI=1S/C21H26N2O3/c1-3-14-12-23-10-8-16-15-6-4-5-7-18(15)22-19(16)21(13-24,20(25)26-2)17(14)9-11-23/h3-7,17,22,24H,8-13H2,1-2H3/t17-,21-/m0/s1. The van der Waals surface area contributed by atoms with Gasteiger partial charge in [-0.2, -0.15) is 0 Å². The van der Waals surface area contributed by atoms with E-state index in [0.29, 0.717) is 0 Å². The minimum Gasteiger partial charge on any atom is -0.468 e. The number of carbonyl (C=O) groups excluding carboxylic acids is 1. The largest absolute Gasteiger partial charge is 0.468 e. The lowest BCUT2D eigenvalue weighted by molar-refractivity contribution is -0.152. The number of fused-ring (bicyclic) bond motifs is 4. The number of aliphatic hydroxyl groups excluding tert-OH is 1. The fraction of sp³-hybridized carbons (Fsp3) is 0.476. The van der Waals surface area contributed by atoms with Gasteiger partial charge in [0.1, 0.15) is 5.41 Å². The number of ether oxygens (including phenoxy) is 1. The van der Waals surface area contributed by atoms with E-state index in [-0.39, 0.29) is 18.5 Å². The fourth-order valence-electron chi connectivity index (χ4n) is 4.96. The number of hydrogen-bond donors (Lipinski definition) is 2. The molecule has 4 heterocycles. The maximum absolute atomic E-state index is 13.1. The van der Waals surface area contributed by atoms with Crippen LogP contribution in [-0.2, 0) is 21.4 Å². The molecular formula is C21H26N2O3. The third-order valence-electron chi connectivity index (χ3n) is 6.29. The molecule has 0 spiro atoms. The van der Waals surface area contributed by atoms with Gasteiger partial charge in [0, 0.05) is 35.6 Å². The van der Waals surface area contributed by atoms with E-state index in [1.165, 1.54) is 12.7 Å². The van der Waals surface area contributed by atoms with Gasteiger partial charge >= 0.3 is 5.97 Å². The first-order valence-corrected chi connectivity index (χ1v) is 9.32. The van der Waals surface area contributed by atoms with Gasteiger partial charge in [0.2, 0.25) is 0 Å². The van der Waals surface area contributed by atoms with Crippen LogP contribution in [0.2, 0.25) is 0 Å². The molecule has 2 N–H and O–H groups in total. The second-order valence-corrected chi connectivity index (χ2v) is 7.38. The first-order chi connectivity index (χ1) is 12.7. The number of nitrogens with zero attached hydrogens (tertiary/aromatic N) is 1. The van der Waals surface area contributed by atoms with Crippen molar-refractivity contribution >= 4 is 16.9 Å². The highest BCUT2D eigenvalue weighted by Gasteiger charge is 2.53. The van der Waals surface area contributed by atoms with Gasteiger partial charge < -0.3 is 14.8 Å². The van der Waals surface area contributed by atoms with E-state index in [1.807, 2.05) is 25.1 Å². The first kappa shape index (κ1) is 17.3. The van der Waals surface area contributed by atoms with Crippen molar-refractivity contribution in [1.82, 2.24) is 9.88 Å². The Morgan fingerprint density at radius 3 is 2.96 bits per heavy atom. The van der Waals surface area contributed by atoms with Crippen molar-refractivity contribution in [2.75, 3.05) is 33.4 Å². The van der Waals surface area contributed by atoms with E-state index >= 15 is 0 Å². The summed E-state index contributed by atoms with van der Waals surface area (Å²) in [6.07, 6.45) is 3.80. The summed E-state index contributed by atoms with van der Waals surface area (Å²) in [5.74, 6) is -0.418. The Kier molecular flexibility index (Phi) is 4.37. The monoisotopic (exact) mass is 354 g/mol. The number of H-pyrrole nitrogens is 1. The second kappa shape index (κ2) is 6.56. The number of aliphatic hydroxyl groups is 1. The zero-order chi connectivity index (χ0) is 18.3. The number of allylic oxidation sites excluding steroid dienone is 1. The molecule has 0 radical (unpaired) electrons. The molecular weight excluding hydrogens is 328 g/mol. The quantitative estimate of drug-likeness (QED) is 0.642. The van der Waals surface area contributed by atoms with Gasteiger partial charge in [0.25, 0.3) is 0 Å². The van der Waals surface area contributed by atoms with Crippen LogP contribution in [0.3, 0.4) is 0 Å². The van der Waals surface area contributed by atoms with Crippen molar-refractivity contribution in [3.05, 3.63) is 47.2 Å². The van der Waals surface area contributed by atoms with Crippen molar-refractivity contribution in [2.24, 2.45) is 5.92 Å². The van der Waals surface area contributed by atoms with Crippen LogP contribution in [-0.4, -0.2) is 54.3 Å². The number of aromatic nitrogens is 1. The summed E-state index contributed by atoms with van der Waals surface area (Å²) in [7, 11) is 1.42. The van der Waals surface area contributed by atoms with Crippen LogP contribution in [0.4, 0.5) is 0 Å². The van der Waals surface area contributed by atoms with Gasteiger partial charge in [-0.3, -0.25) is 9.69 Å². The molecule has 3 aliphatic rings. The number of benzene rings is 1. The van der Waals surface area contributed by atoms with Crippen LogP contribution in [0.15, 0.2) is 35.9 Å². The molecule has 3 atom stereocenters. The summed E-state index contributed by atoms with van der Waals surface area (Å²) in [5.41, 5.74) is 3.10. The summed E-state index contributed by atoms with van der Waals surface area (Å²) in [5, 5.41) is 11.7. The van der Waals surface area contributed by atoms with E-state index in [2.05, 4.69) is 22.0 Å². The lowest BCUT2D eigenvalue weighted by Crippen LogP contribution is -2.52. The Morgan fingerprint density at radius 1 is 1.42 bits per heavy atom. The predicted molar refractivity (Wildman–Crippen MR) is 101 cm³/mol. The number of esters is 1. The zero-order valence-electron chi connectivity index (χ0n) is 15.4. The van der Waals surface area contributed by atoms with Crippen LogP contribution in [0.25, 0.3) is 10.9 Å². The van der Waals surface area contributed by atoms with E-state index in [1.54, 1.807) is 0 Å². The summed E-state index contributed by atoms with van der Waals surface area (Å²) in [4.78, 5) is 19.1. The molecule has 26 heavy (non-hydrogen) atoms. The van der Waals surface area contributed by atoms with Crippen LogP contribution >= 0.6 is 0 Å². The van der Waals surface area contributed by atoms with Crippen molar-refractivity contribution in [2.45, 2.75) is 25.2 Å². The molecule has 0 aliphatic carbocycles. The molecule has 0 saturated carbocycles. The SMILES string of the molecule is CC=C1CN2CCc3c([nH]c4ccccc34)[C@@](CO)(C(=O)OC)[C@H]1CC2. The topological polar surface area (TPSA) is 65.6 Å². The van der Waals surface area contributed by atoms with Gasteiger partial charge in [-0.25, -0.2) is 0 Å². The molecule has 1 aromatic heterocycles. The molecule has 0 amide bonds. The first-order valence-electron chi connectivity index (χ1n) is 9.32. The van der Waals surface area contributed by atoms with Crippen molar-refractivity contribution in [1.29, 1.82) is 0 Å². The Labute approximate surface area is 153 Å². The molecule has 3 aliphatic heterocycles. The second-order valence-electron chi connectivity index (χ2n) is 7.38. The molecule has 1 fully saturated rings. The van der Waals surface area contributed by atoms with E-state index < -0.39 is 5.41 Å². The number of carbonyl (C=O) groups is 1. The Hall–Kier alpha value is -2.11. The molecule has 1 saturated heterocycles. The minimum absolute atomic E-state index is 0.0638. The van der Waals surface area contributed by atoms with Crippen molar-refractivity contribution < 1.29 is 14.6 Å². The fourth-order valence-corrected chi connectivity index (χ4v) is 4.96. The number of piperidine rings is 1. The molecule has 5 heteroatoms. The molecule has 5 nitrogen and oxygen atoms in total. The molecule has 1 unspecified atom stereocenters. The van der Waals surface area contributed by atoms with Crippen LogP contribution < -0.4 is 0 Å². The smallest absolute Gasteiger partial charge is 0.320 e. The number of para-hydroxylation sites is 1. The van der Waals surface area contributed by atoms with Crippen LogP contribution in [0.1, 0.15) is 24.6 Å². The Morgan fingerprint density at radius 2 is 2.23 bits per heavy atom. The molecule has 138 valence electrons. The van der Waals surface area contributed by atoms with Gasteiger partial charge in [-0.15, -0.1) is 0 Å². The number of nitrogens with one attached hydrogen (secondary N) is 1. The van der Waals surface area contributed by atoms with Crippen LogP contribution in [0, 0.1) is 5.92 Å². The molecule has 2 aromatic rings. The van der Waals surface area contributed by atoms with Gasteiger partial charge in [0.05, 0.1) is 13.7 Å². The molecule has 5 rings (SSSR count). The van der Waals surface area contributed by atoms with Crippen molar-refractivity contribution in [3.63, 3.8) is 0 Å². The maximum Gasteiger partial charge on any atom is 0.320 e. The van der Waals surface area contributed by atoms with E-state index in [9.17, 15) is 9.90 Å². The number of methoxy groups -OCH3 is 1. The summed E-state index contributed by atoms with van der Waals surface area (Å²) in [6, 6.07) is 8.14. The molecule has 1 aromatic carbocycles. The van der Waals surface area contributed by atoms with Gasteiger partial charge in [-0.05, 0) is 37.9 Å². The minimum atomic E-state index is -1.08. The van der Waals surface area contributed by atoms with Crippen LogP contribution in [0.5, 0.6) is 0 Å². The number of rotatable bonds is 2. The third-order valence-corrected chi connectivity index (χ3v) is 6.29. The highest BCUT2D eigenvalue weighted by molar-refractivity contribution is 5.91. The van der Waals surface area contributed by atoms with Gasteiger partial charge in [0.15, 0.2) is 0 Å². The number of hydrogen-bond acceptors (Lipinski definition) is 4. The zero-order valence-corrected chi connectivity index (χ0v) is 15.4. The van der Waals surface area contributed by atoms with E-state index in [4.69, 9.17) is 4.74 Å². The highest BCUT2D eigenvalue weighted by Crippen LogP contribution is 2.45. The summed E-state index contributed by atoms with van der Waals surface area (Å²) >= 11 is 0. The average Bonchev–Trinajstić information content (AvgIpc) is 3.09. The average molecular weight is 354 g/mol. The van der Waals surface area contributed by atoms with E-state index in [0.717, 1.165) is 54.6 Å². The normalized spacial score (nSPS) is 29.9. The highest BCUT2D eigenvalue weighted by atomic mass is 16.5.